The molecule has 3 aromatic rings. The molecule has 0 bridgehead atoms. The Morgan fingerprint density at radius 2 is 1.78 bits per heavy atom. The van der Waals surface area contributed by atoms with Crippen LogP contribution in [0.2, 0.25) is 0 Å². The predicted octanol–water partition coefficient (Wildman–Crippen LogP) is 3.61. The molecule has 2 heterocycles. The van der Waals surface area contributed by atoms with Crippen LogP contribution in [-0.2, 0) is 16.1 Å². The van der Waals surface area contributed by atoms with E-state index in [-0.39, 0.29) is 42.1 Å². The van der Waals surface area contributed by atoms with Gasteiger partial charge >= 0.3 is 0 Å². The third-order valence-corrected chi connectivity index (χ3v) is 6.10. The number of aromatic nitrogens is 1. The number of hydrogen-bond acceptors (Lipinski definition) is 5. The van der Waals surface area contributed by atoms with Crippen LogP contribution in [0.5, 0.6) is 0 Å². The molecule has 1 N–H and O–H groups in total. The Balaban J connectivity index is 1.41. The van der Waals surface area contributed by atoms with Crippen molar-refractivity contribution in [2.24, 2.45) is 0 Å². The molecule has 0 radical (unpaired) electrons. The van der Waals surface area contributed by atoms with E-state index >= 15 is 0 Å². The number of rotatable bonds is 6. The standard InChI is InChI=1S/C24H21N3O4S/c1-26(15-17-14-21(28)25-19-10-6-5-9-18(17)19)22(29)11-12-27-23(30)20(32-24(27)31)13-16-7-3-2-4-8-16/h2-10,13-14H,11-12,15H2,1H3,(H,25,28). The molecule has 1 aliphatic heterocycles. The molecule has 4 rings (SSSR count). The number of carbonyl (C=O) groups is 3. The Labute approximate surface area is 188 Å². The van der Waals surface area contributed by atoms with Gasteiger partial charge in [0.1, 0.15) is 0 Å². The zero-order valence-corrected chi connectivity index (χ0v) is 18.2. The van der Waals surface area contributed by atoms with Crippen LogP contribution < -0.4 is 5.56 Å². The van der Waals surface area contributed by atoms with Crippen molar-refractivity contribution in [2.45, 2.75) is 13.0 Å². The number of hydrogen-bond donors (Lipinski definition) is 1. The highest BCUT2D eigenvalue weighted by atomic mass is 32.2. The maximum absolute atomic E-state index is 12.7. The van der Waals surface area contributed by atoms with Gasteiger partial charge in [-0.3, -0.25) is 24.1 Å². The van der Waals surface area contributed by atoms with Crippen LogP contribution in [0.4, 0.5) is 4.79 Å². The number of benzene rings is 2. The summed E-state index contributed by atoms with van der Waals surface area (Å²) in [7, 11) is 1.64. The fourth-order valence-corrected chi connectivity index (χ4v) is 4.41. The predicted molar refractivity (Wildman–Crippen MR) is 125 cm³/mol. The Hall–Kier alpha value is -3.65. The number of aromatic amines is 1. The normalized spacial score (nSPS) is 15.0. The molecule has 8 heteroatoms. The van der Waals surface area contributed by atoms with Gasteiger partial charge in [0.05, 0.1) is 4.91 Å². The van der Waals surface area contributed by atoms with Gasteiger partial charge in [-0.15, -0.1) is 0 Å². The molecular weight excluding hydrogens is 426 g/mol. The van der Waals surface area contributed by atoms with Gasteiger partial charge in [0.25, 0.3) is 11.1 Å². The monoisotopic (exact) mass is 447 g/mol. The van der Waals surface area contributed by atoms with Crippen molar-refractivity contribution in [3.63, 3.8) is 0 Å². The van der Waals surface area contributed by atoms with Crippen LogP contribution in [0.1, 0.15) is 17.5 Å². The fourth-order valence-electron chi connectivity index (χ4n) is 3.54. The summed E-state index contributed by atoms with van der Waals surface area (Å²) in [5, 5.41) is 0.483. The first-order chi connectivity index (χ1) is 15.4. The fraction of sp³-hybridized carbons (Fsp3) is 0.167. The molecule has 3 amide bonds. The lowest BCUT2D eigenvalue weighted by atomic mass is 10.1. The number of amides is 3. The summed E-state index contributed by atoms with van der Waals surface area (Å²) in [4.78, 5) is 55.3. The molecule has 32 heavy (non-hydrogen) atoms. The number of carbonyl (C=O) groups excluding carboxylic acids is 3. The Morgan fingerprint density at radius 3 is 2.56 bits per heavy atom. The number of thioether (sulfide) groups is 1. The maximum Gasteiger partial charge on any atom is 0.293 e. The number of fused-ring (bicyclic) bond motifs is 1. The second kappa shape index (κ2) is 9.23. The van der Waals surface area contributed by atoms with E-state index in [1.165, 1.54) is 11.0 Å². The van der Waals surface area contributed by atoms with Crippen molar-refractivity contribution in [2.75, 3.05) is 13.6 Å². The minimum atomic E-state index is -0.389. The van der Waals surface area contributed by atoms with E-state index in [4.69, 9.17) is 0 Å². The SMILES string of the molecule is CN(Cc1cc(=O)[nH]c2ccccc12)C(=O)CCN1C(=O)SC(=Cc2ccccc2)C1=O. The van der Waals surface area contributed by atoms with E-state index in [1.807, 2.05) is 54.6 Å². The van der Waals surface area contributed by atoms with Crippen LogP contribution >= 0.6 is 11.8 Å². The van der Waals surface area contributed by atoms with Crippen LogP contribution in [0, 0.1) is 0 Å². The van der Waals surface area contributed by atoms with Gasteiger partial charge in [-0.05, 0) is 35.0 Å². The van der Waals surface area contributed by atoms with Crippen LogP contribution in [-0.4, -0.2) is 45.4 Å². The first-order valence-corrected chi connectivity index (χ1v) is 10.9. The molecular formula is C24H21N3O4S. The van der Waals surface area contributed by atoms with E-state index in [0.29, 0.717) is 10.4 Å². The molecule has 0 unspecified atom stereocenters. The Kier molecular flexibility index (Phi) is 6.23. The van der Waals surface area contributed by atoms with Crippen molar-refractivity contribution >= 4 is 45.8 Å². The summed E-state index contributed by atoms with van der Waals surface area (Å²) >= 11 is 0.878. The lowest BCUT2D eigenvalue weighted by molar-refractivity contribution is -0.131. The quantitative estimate of drug-likeness (QED) is 0.583. The number of para-hydroxylation sites is 1. The molecule has 0 atom stereocenters. The number of pyridine rings is 1. The lowest BCUT2D eigenvalue weighted by Crippen LogP contribution is -2.34. The topological polar surface area (TPSA) is 90.6 Å². The second-order valence-corrected chi connectivity index (χ2v) is 8.44. The largest absolute Gasteiger partial charge is 0.341 e. The highest BCUT2D eigenvalue weighted by molar-refractivity contribution is 8.18. The smallest absolute Gasteiger partial charge is 0.293 e. The van der Waals surface area contributed by atoms with Crippen LogP contribution in [0.3, 0.4) is 0 Å². The molecule has 1 saturated heterocycles. The van der Waals surface area contributed by atoms with Gasteiger partial charge < -0.3 is 9.88 Å². The number of H-pyrrole nitrogens is 1. The maximum atomic E-state index is 12.7. The molecule has 162 valence electrons. The number of nitrogens with zero attached hydrogens (tertiary/aromatic N) is 2. The third kappa shape index (κ3) is 4.65. The minimum Gasteiger partial charge on any atom is -0.341 e. The average Bonchev–Trinajstić information content (AvgIpc) is 3.04. The van der Waals surface area contributed by atoms with Gasteiger partial charge in [0, 0.05) is 43.5 Å². The van der Waals surface area contributed by atoms with Crippen molar-refractivity contribution < 1.29 is 14.4 Å². The van der Waals surface area contributed by atoms with E-state index in [9.17, 15) is 19.2 Å². The summed E-state index contributed by atoms with van der Waals surface area (Å²) in [6.45, 7) is 0.259. The van der Waals surface area contributed by atoms with Crippen LogP contribution in [0.15, 0.2) is 70.4 Å². The zero-order chi connectivity index (χ0) is 22.7. The lowest BCUT2D eigenvalue weighted by Gasteiger charge is -2.20. The Bertz CT molecular complexity index is 1280. The van der Waals surface area contributed by atoms with Gasteiger partial charge in [0.15, 0.2) is 0 Å². The summed E-state index contributed by atoms with van der Waals surface area (Å²) in [5.74, 6) is -0.611. The molecule has 0 saturated carbocycles. The average molecular weight is 448 g/mol. The molecule has 1 aromatic heterocycles. The molecule has 2 aromatic carbocycles. The van der Waals surface area contributed by atoms with E-state index in [2.05, 4.69) is 4.98 Å². The number of imide groups is 1. The van der Waals surface area contributed by atoms with Gasteiger partial charge in [-0.1, -0.05) is 48.5 Å². The van der Waals surface area contributed by atoms with Crippen molar-refractivity contribution in [1.29, 1.82) is 0 Å². The summed E-state index contributed by atoms with van der Waals surface area (Å²) in [6.07, 6.45) is 1.69. The highest BCUT2D eigenvalue weighted by Crippen LogP contribution is 2.32. The summed E-state index contributed by atoms with van der Waals surface area (Å²) in [6, 6.07) is 18.2. The summed E-state index contributed by atoms with van der Waals surface area (Å²) in [5.41, 5.74) is 2.04. The number of nitrogens with one attached hydrogen (secondary N) is 1. The van der Waals surface area contributed by atoms with E-state index < -0.39 is 0 Å². The first-order valence-electron chi connectivity index (χ1n) is 10.1. The van der Waals surface area contributed by atoms with Gasteiger partial charge in [-0.25, -0.2) is 0 Å². The molecule has 0 spiro atoms. The minimum absolute atomic E-state index is 0.00821. The zero-order valence-electron chi connectivity index (χ0n) is 17.4. The van der Waals surface area contributed by atoms with Crippen molar-refractivity contribution in [3.05, 3.63) is 87.0 Å². The third-order valence-electron chi connectivity index (χ3n) is 5.19. The second-order valence-electron chi connectivity index (χ2n) is 7.45. The highest BCUT2D eigenvalue weighted by Gasteiger charge is 2.35. The first kappa shape index (κ1) is 21.6. The summed E-state index contributed by atoms with van der Waals surface area (Å²) < 4.78 is 0. The van der Waals surface area contributed by atoms with Gasteiger partial charge in [-0.2, -0.15) is 0 Å². The van der Waals surface area contributed by atoms with Gasteiger partial charge in [0.2, 0.25) is 11.5 Å². The van der Waals surface area contributed by atoms with Crippen molar-refractivity contribution in [3.8, 4) is 0 Å². The molecule has 1 aliphatic rings. The van der Waals surface area contributed by atoms with Crippen LogP contribution in [0.25, 0.3) is 17.0 Å². The molecule has 1 fully saturated rings. The molecule has 0 aliphatic carbocycles. The van der Waals surface area contributed by atoms with E-state index in [1.54, 1.807) is 13.1 Å². The van der Waals surface area contributed by atoms with E-state index in [0.717, 1.165) is 33.2 Å². The van der Waals surface area contributed by atoms with Crippen molar-refractivity contribution in [1.82, 2.24) is 14.8 Å². The Morgan fingerprint density at radius 1 is 1.06 bits per heavy atom. The molecule has 7 nitrogen and oxygen atoms in total.